The van der Waals surface area contributed by atoms with Gasteiger partial charge in [0.1, 0.15) is 0 Å². The van der Waals surface area contributed by atoms with Crippen LogP contribution in [0.3, 0.4) is 0 Å². The number of H-pyrrole nitrogens is 2. The van der Waals surface area contributed by atoms with Crippen LogP contribution in [-0.2, 0) is 9.53 Å². The molecule has 2 N–H and O–H groups in total. The van der Waals surface area contributed by atoms with E-state index in [1.54, 1.807) is 6.20 Å². The summed E-state index contributed by atoms with van der Waals surface area (Å²) in [6, 6.07) is 54.6. The van der Waals surface area contributed by atoms with E-state index in [9.17, 15) is 4.79 Å². The van der Waals surface area contributed by atoms with Crippen LogP contribution >= 0.6 is 15.9 Å². The second-order valence-electron chi connectivity index (χ2n) is 15.6. The highest BCUT2D eigenvalue weighted by Crippen LogP contribution is 2.47. The van der Waals surface area contributed by atoms with Crippen LogP contribution in [0.4, 0.5) is 0 Å². The van der Waals surface area contributed by atoms with E-state index < -0.39 is 0 Å². The maximum absolute atomic E-state index is 11.4. The Morgan fingerprint density at radius 3 is 1.22 bits per heavy atom. The molecule has 1 aliphatic carbocycles. The van der Waals surface area contributed by atoms with Gasteiger partial charge in [0.15, 0.2) is 0 Å². The molecule has 8 bridgehead atoms. The average Bonchev–Trinajstić information content (AvgIpc) is 3.81. The van der Waals surface area contributed by atoms with Crippen LogP contribution < -0.4 is 0 Å². The largest absolute Gasteiger partial charge is 0.466 e. The van der Waals surface area contributed by atoms with Crippen molar-refractivity contribution in [1.29, 1.82) is 0 Å². The third-order valence-electron chi connectivity index (χ3n) is 11.5. The predicted molar refractivity (Wildman–Crippen MR) is 260 cm³/mol. The van der Waals surface area contributed by atoms with Gasteiger partial charge in [-0.05, 0) is 112 Å². The molecule has 1 saturated carbocycles. The number of aromatic nitrogens is 5. The van der Waals surface area contributed by atoms with Gasteiger partial charge in [-0.2, -0.15) is 0 Å². The molecule has 8 aromatic rings. The molecule has 7 nitrogen and oxygen atoms in total. The van der Waals surface area contributed by atoms with Gasteiger partial charge in [0.05, 0.1) is 35.3 Å². The molecule has 306 valence electrons. The number of carbonyl (C=O) groups is 1. The van der Waals surface area contributed by atoms with Gasteiger partial charge in [0, 0.05) is 66.6 Å². The number of fused-ring (bicyclic) bond motifs is 8. The van der Waals surface area contributed by atoms with Crippen LogP contribution in [0.15, 0.2) is 168 Å². The van der Waals surface area contributed by atoms with Gasteiger partial charge in [-0.15, -0.1) is 0 Å². The molecule has 0 amide bonds. The molecule has 4 aromatic carbocycles. The van der Waals surface area contributed by atoms with E-state index in [0.29, 0.717) is 6.61 Å². The Morgan fingerprint density at radius 1 is 0.540 bits per heavy atom. The monoisotopic (exact) mass is 883 g/mol. The van der Waals surface area contributed by atoms with E-state index >= 15 is 0 Å². The molecule has 2 unspecified atom stereocenters. The summed E-state index contributed by atoms with van der Waals surface area (Å²) in [7, 11) is 0. The number of nitrogens with zero attached hydrogens (tertiary/aromatic N) is 3. The van der Waals surface area contributed by atoms with Crippen molar-refractivity contribution in [3.8, 4) is 44.5 Å². The summed E-state index contributed by atoms with van der Waals surface area (Å²) in [6.45, 7) is 2.28. The summed E-state index contributed by atoms with van der Waals surface area (Å²) in [5.41, 5.74) is 17.1. The Morgan fingerprint density at radius 2 is 0.905 bits per heavy atom. The van der Waals surface area contributed by atoms with Crippen molar-refractivity contribution in [2.75, 3.05) is 6.61 Å². The van der Waals surface area contributed by atoms with Crippen molar-refractivity contribution >= 4 is 68.3 Å². The van der Waals surface area contributed by atoms with Crippen molar-refractivity contribution in [2.24, 2.45) is 5.92 Å². The van der Waals surface area contributed by atoms with Gasteiger partial charge in [0.25, 0.3) is 0 Å². The van der Waals surface area contributed by atoms with Crippen LogP contribution in [0.5, 0.6) is 0 Å². The molecule has 2 atom stereocenters. The van der Waals surface area contributed by atoms with Gasteiger partial charge in [-0.3, -0.25) is 9.78 Å². The maximum atomic E-state index is 11.4. The number of benzene rings is 4. The number of rotatable bonds is 7. The molecule has 0 spiro atoms. The lowest BCUT2D eigenvalue weighted by Crippen LogP contribution is -2.07. The molecule has 0 radical (unpaired) electrons. The number of hydrogen-bond acceptors (Lipinski definition) is 5. The van der Waals surface area contributed by atoms with Gasteiger partial charge in [-0.1, -0.05) is 121 Å². The summed E-state index contributed by atoms with van der Waals surface area (Å²) < 4.78 is 5.92. The van der Waals surface area contributed by atoms with E-state index in [2.05, 4.69) is 177 Å². The number of esters is 1. The van der Waals surface area contributed by atoms with Gasteiger partial charge in [-0.25, -0.2) is 9.97 Å². The third-order valence-corrected chi connectivity index (χ3v) is 12.0. The molecule has 11 rings (SSSR count). The molecular formula is C55H42BrN5O2. The molecule has 0 saturated heterocycles. The van der Waals surface area contributed by atoms with Crippen LogP contribution in [0.2, 0.25) is 0 Å². The zero-order valence-corrected chi connectivity index (χ0v) is 36.1. The zero-order chi connectivity index (χ0) is 42.7. The highest BCUT2D eigenvalue weighted by molar-refractivity contribution is 9.10. The minimum Gasteiger partial charge on any atom is -0.466 e. The first kappa shape index (κ1) is 39.7. The normalized spacial score (nSPS) is 14.8. The summed E-state index contributed by atoms with van der Waals surface area (Å²) in [5, 5.41) is 0. The highest BCUT2D eigenvalue weighted by atomic mass is 79.9. The number of pyridine rings is 1. The first-order valence-electron chi connectivity index (χ1n) is 21.2. The number of aromatic amines is 2. The lowest BCUT2D eigenvalue weighted by Gasteiger charge is -2.07. The minimum atomic E-state index is -0.0905. The van der Waals surface area contributed by atoms with Crippen LogP contribution in [-0.4, -0.2) is 37.5 Å². The molecule has 8 heteroatoms. The number of hydrogen-bond donors (Lipinski definition) is 2. The molecular weight excluding hydrogens is 843 g/mol. The second-order valence-corrected chi connectivity index (χ2v) is 16.5. The predicted octanol–water partition coefficient (Wildman–Crippen LogP) is 13.8. The zero-order valence-electron chi connectivity index (χ0n) is 34.5. The summed E-state index contributed by atoms with van der Waals surface area (Å²) in [5.74, 6) is 0.197. The summed E-state index contributed by atoms with van der Waals surface area (Å²) >= 11 is 3.33. The van der Waals surface area contributed by atoms with E-state index in [-0.39, 0.29) is 17.8 Å². The minimum absolute atomic E-state index is 0.0265. The molecule has 3 aliphatic rings. The average molecular weight is 885 g/mol. The molecule has 1 fully saturated rings. The fraction of sp³-hybridized carbons (Fsp3) is 0.0909. The Balaban J connectivity index is 0.000000266. The molecule has 63 heavy (non-hydrogen) atoms. The van der Waals surface area contributed by atoms with Crippen molar-refractivity contribution in [3.63, 3.8) is 0 Å². The van der Waals surface area contributed by atoms with Crippen molar-refractivity contribution < 1.29 is 9.53 Å². The van der Waals surface area contributed by atoms with E-state index in [4.69, 9.17) is 14.7 Å². The Kier molecular flexibility index (Phi) is 11.0. The Hall–Kier alpha value is -7.42. The van der Waals surface area contributed by atoms with Crippen molar-refractivity contribution in [3.05, 3.63) is 197 Å². The number of ether oxygens (including phenoxy) is 1. The summed E-state index contributed by atoms with van der Waals surface area (Å²) in [6.07, 6.45) is 11.2. The second kappa shape index (κ2) is 17.5. The summed E-state index contributed by atoms with van der Waals surface area (Å²) in [4.78, 5) is 34.0. The lowest BCUT2D eigenvalue weighted by atomic mass is 10.0. The van der Waals surface area contributed by atoms with E-state index in [1.165, 1.54) is 0 Å². The van der Waals surface area contributed by atoms with Crippen LogP contribution in [0.1, 0.15) is 47.7 Å². The quantitative estimate of drug-likeness (QED) is 0.155. The third kappa shape index (κ3) is 8.21. The van der Waals surface area contributed by atoms with Gasteiger partial charge in [0.2, 0.25) is 0 Å². The first-order chi connectivity index (χ1) is 31.0. The standard InChI is InChI=1S/C44H30N4.C11H12BrNO2/c1-5-13-29(14-6-1)41-33-21-23-35(45-33)42(30-15-7-2-8-16-30)37-25-27-39(47-37)44(32-19-11-4-12-20-32)40-28-26-38(48-40)43(31-17-9-3-10-18-31)36-24-22-34(41)46-36;1-2-15-11(14)9-5-8(9)10-4-3-7(12)6-13-10/h1-28,45,48H;3-4,6,8-9H,2,5H2,1H3. The fourth-order valence-electron chi connectivity index (χ4n) is 8.48. The molecule has 2 aliphatic heterocycles. The topological polar surface area (TPSA) is 96.5 Å². The van der Waals surface area contributed by atoms with Gasteiger partial charge < -0.3 is 14.7 Å². The fourth-order valence-corrected chi connectivity index (χ4v) is 8.71. The highest BCUT2D eigenvalue weighted by Gasteiger charge is 2.46. The van der Waals surface area contributed by atoms with Gasteiger partial charge >= 0.3 is 5.97 Å². The van der Waals surface area contributed by atoms with Crippen molar-refractivity contribution in [1.82, 2.24) is 24.9 Å². The molecule has 6 heterocycles. The smallest absolute Gasteiger partial charge is 0.309 e. The number of carbonyl (C=O) groups excluding carboxylic acids is 1. The Bertz CT molecular complexity index is 2830. The molecule has 4 aromatic heterocycles. The Labute approximate surface area is 374 Å². The number of halogens is 1. The van der Waals surface area contributed by atoms with Crippen LogP contribution in [0.25, 0.3) is 90.9 Å². The number of nitrogens with one attached hydrogen (secondary N) is 2. The maximum Gasteiger partial charge on any atom is 0.309 e. The van der Waals surface area contributed by atoms with Crippen LogP contribution in [0, 0.1) is 5.92 Å². The first-order valence-corrected chi connectivity index (χ1v) is 22.0. The van der Waals surface area contributed by atoms with E-state index in [0.717, 1.165) is 106 Å². The van der Waals surface area contributed by atoms with Crippen molar-refractivity contribution in [2.45, 2.75) is 19.3 Å². The van der Waals surface area contributed by atoms with E-state index in [1.807, 2.05) is 43.3 Å². The SMILES string of the molecule is C1=Cc2nc1c(-c1ccccc1)c1ccc([nH]1)c(-c1ccccc1)c1nc(c(-c3ccccc3)c3ccc([nH]3)c2-c2ccccc2)C=C1.CCOC(=O)C1CC1c1ccc(Br)cn1. The lowest BCUT2D eigenvalue weighted by molar-refractivity contribution is -0.144.